The molecule has 0 amide bonds. The Bertz CT molecular complexity index is 676. The largest absolute Gasteiger partial charge is 0.399 e. The molecule has 1 saturated heterocycles. The van der Waals surface area contributed by atoms with Gasteiger partial charge in [-0.2, -0.15) is 0 Å². The molecule has 1 heterocycles. The lowest BCUT2D eigenvalue weighted by molar-refractivity contribution is 0.0835. The summed E-state index contributed by atoms with van der Waals surface area (Å²) < 4.78 is 0. The van der Waals surface area contributed by atoms with Crippen molar-refractivity contribution in [2.24, 2.45) is 5.92 Å². The zero-order valence-corrected chi connectivity index (χ0v) is 14.9. The molecule has 128 valence electrons. The molecular weight excluding hydrogens is 320 g/mol. The van der Waals surface area contributed by atoms with E-state index in [0.29, 0.717) is 5.78 Å². The first kappa shape index (κ1) is 18.5. The van der Waals surface area contributed by atoms with Gasteiger partial charge in [-0.1, -0.05) is 42.0 Å². The monoisotopic (exact) mass is 344 g/mol. The second-order valence-corrected chi connectivity index (χ2v) is 6.53. The summed E-state index contributed by atoms with van der Waals surface area (Å²) in [5, 5.41) is 0. The predicted molar refractivity (Wildman–Crippen MR) is 102 cm³/mol. The fourth-order valence-corrected chi connectivity index (χ4v) is 3.26. The molecule has 0 aliphatic carbocycles. The molecule has 2 N–H and O–H groups in total. The van der Waals surface area contributed by atoms with Gasteiger partial charge in [0.1, 0.15) is 0 Å². The average molecular weight is 345 g/mol. The zero-order valence-electron chi connectivity index (χ0n) is 14.1. The van der Waals surface area contributed by atoms with Crippen molar-refractivity contribution in [1.29, 1.82) is 0 Å². The van der Waals surface area contributed by atoms with Crippen molar-refractivity contribution in [3.8, 4) is 0 Å². The lowest BCUT2D eigenvalue weighted by Gasteiger charge is -2.31. The van der Waals surface area contributed by atoms with E-state index in [2.05, 4.69) is 11.0 Å². The SMILES string of the molecule is Cc1ccc(C(=O)C2CCN(Cc3cccc(N)c3)CC2)cc1.Cl. The molecule has 0 saturated carbocycles. The highest BCUT2D eigenvalue weighted by atomic mass is 35.5. The Labute approximate surface area is 150 Å². The number of rotatable bonds is 4. The van der Waals surface area contributed by atoms with Gasteiger partial charge in [0.25, 0.3) is 0 Å². The molecule has 1 aliphatic rings. The number of aryl methyl sites for hydroxylation is 1. The molecule has 4 heteroatoms. The highest BCUT2D eigenvalue weighted by Gasteiger charge is 2.25. The number of Topliss-reactive ketones (excluding diaryl/α,β-unsaturated/α-hetero) is 1. The third-order valence-corrected chi connectivity index (χ3v) is 4.65. The number of ketones is 1. The summed E-state index contributed by atoms with van der Waals surface area (Å²) in [7, 11) is 0. The van der Waals surface area contributed by atoms with Gasteiger partial charge < -0.3 is 5.73 Å². The molecule has 3 nitrogen and oxygen atoms in total. The van der Waals surface area contributed by atoms with E-state index in [0.717, 1.165) is 43.7 Å². The van der Waals surface area contributed by atoms with E-state index >= 15 is 0 Å². The Morgan fingerprint density at radius 1 is 1.12 bits per heavy atom. The highest BCUT2D eigenvalue weighted by Crippen LogP contribution is 2.23. The summed E-state index contributed by atoms with van der Waals surface area (Å²) in [5.41, 5.74) is 9.94. The van der Waals surface area contributed by atoms with Gasteiger partial charge in [-0.3, -0.25) is 9.69 Å². The van der Waals surface area contributed by atoms with E-state index in [1.54, 1.807) is 0 Å². The standard InChI is InChI=1S/C20H24N2O.ClH/c1-15-5-7-17(8-6-15)20(23)18-9-11-22(12-10-18)14-16-3-2-4-19(21)13-16;/h2-8,13,18H,9-12,14,21H2,1H3;1H. The Morgan fingerprint density at radius 2 is 1.79 bits per heavy atom. The van der Waals surface area contributed by atoms with Crippen LogP contribution in [0.3, 0.4) is 0 Å². The van der Waals surface area contributed by atoms with Crippen molar-refractivity contribution >= 4 is 23.9 Å². The second kappa shape index (κ2) is 8.32. The van der Waals surface area contributed by atoms with Crippen molar-refractivity contribution in [3.05, 3.63) is 65.2 Å². The van der Waals surface area contributed by atoms with Crippen LogP contribution in [-0.4, -0.2) is 23.8 Å². The molecule has 2 aromatic rings. The number of piperidine rings is 1. The fourth-order valence-electron chi connectivity index (χ4n) is 3.26. The topological polar surface area (TPSA) is 46.3 Å². The molecule has 0 atom stereocenters. The number of likely N-dealkylation sites (tertiary alicyclic amines) is 1. The number of hydrogen-bond acceptors (Lipinski definition) is 3. The number of carbonyl (C=O) groups is 1. The number of carbonyl (C=O) groups excluding carboxylic acids is 1. The first-order valence-corrected chi connectivity index (χ1v) is 8.29. The zero-order chi connectivity index (χ0) is 16.2. The number of benzene rings is 2. The van der Waals surface area contributed by atoms with Crippen LogP contribution in [0, 0.1) is 12.8 Å². The van der Waals surface area contributed by atoms with Crippen molar-refractivity contribution in [3.63, 3.8) is 0 Å². The normalized spacial score (nSPS) is 15.7. The molecule has 24 heavy (non-hydrogen) atoms. The van der Waals surface area contributed by atoms with E-state index in [-0.39, 0.29) is 18.3 Å². The smallest absolute Gasteiger partial charge is 0.166 e. The fraction of sp³-hybridized carbons (Fsp3) is 0.350. The number of nitrogens with zero attached hydrogens (tertiary/aromatic N) is 1. The molecule has 0 unspecified atom stereocenters. The van der Waals surface area contributed by atoms with Crippen LogP contribution in [0.15, 0.2) is 48.5 Å². The third-order valence-electron chi connectivity index (χ3n) is 4.65. The van der Waals surface area contributed by atoms with Crippen LogP contribution in [0.5, 0.6) is 0 Å². The van der Waals surface area contributed by atoms with Crippen LogP contribution in [-0.2, 0) is 6.54 Å². The molecule has 3 rings (SSSR count). The Kier molecular flexibility index (Phi) is 6.41. The van der Waals surface area contributed by atoms with Gasteiger partial charge in [-0.15, -0.1) is 12.4 Å². The van der Waals surface area contributed by atoms with Gasteiger partial charge in [-0.25, -0.2) is 0 Å². The van der Waals surface area contributed by atoms with E-state index < -0.39 is 0 Å². The van der Waals surface area contributed by atoms with Crippen LogP contribution in [0.4, 0.5) is 5.69 Å². The van der Waals surface area contributed by atoms with Crippen LogP contribution < -0.4 is 5.73 Å². The Hall–Kier alpha value is -1.84. The molecule has 1 aliphatic heterocycles. The molecule has 0 bridgehead atoms. The summed E-state index contributed by atoms with van der Waals surface area (Å²) in [5.74, 6) is 0.461. The van der Waals surface area contributed by atoms with Crippen LogP contribution in [0.1, 0.15) is 34.3 Å². The minimum absolute atomic E-state index is 0. The van der Waals surface area contributed by atoms with Crippen molar-refractivity contribution in [1.82, 2.24) is 4.90 Å². The summed E-state index contributed by atoms with van der Waals surface area (Å²) in [6.07, 6.45) is 1.88. The molecule has 0 spiro atoms. The van der Waals surface area contributed by atoms with Gasteiger partial charge in [0.15, 0.2) is 5.78 Å². The highest BCUT2D eigenvalue weighted by molar-refractivity contribution is 5.97. The third kappa shape index (κ3) is 4.59. The van der Waals surface area contributed by atoms with Gasteiger partial charge >= 0.3 is 0 Å². The number of halogens is 1. The Balaban J connectivity index is 0.00000208. The van der Waals surface area contributed by atoms with E-state index in [1.165, 1.54) is 11.1 Å². The minimum atomic E-state index is 0. The first-order chi connectivity index (χ1) is 11.1. The molecule has 0 radical (unpaired) electrons. The van der Waals surface area contributed by atoms with Gasteiger partial charge in [0, 0.05) is 23.7 Å². The maximum absolute atomic E-state index is 12.6. The molecule has 0 aromatic heterocycles. The lowest BCUT2D eigenvalue weighted by Crippen LogP contribution is -2.35. The van der Waals surface area contributed by atoms with Crippen molar-refractivity contribution in [2.45, 2.75) is 26.3 Å². The van der Waals surface area contributed by atoms with Crippen molar-refractivity contribution in [2.75, 3.05) is 18.8 Å². The minimum Gasteiger partial charge on any atom is -0.399 e. The van der Waals surface area contributed by atoms with Crippen molar-refractivity contribution < 1.29 is 4.79 Å². The number of hydrogen-bond donors (Lipinski definition) is 1. The summed E-state index contributed by atoms with van der Waals surface area (Å²) in [4.78, 5) is 15.0. The van der Waals surface area contributed by atoms with E-state index in [9.17, 15) is 4.79 Å². The molecule has 2 aromatic carbocycles. The second-order valence-electron chi connectivity index (χ2n) is 6.53. The van der Waals surface area contributed by atoms with E-state index in [1.807, 2.05) is 49.4 Å². The summed E-state index contributed by atoms with van der Waals surface area (Å²) >= 11 is 0. The van der Waals surface area contributed by atoms with Gasteiger partial charge in [0.2, 0.25) is 0 Å². The average Bonchev–Trinajstić information content (AvgIpc) is 2.56. The summed E-state index contributed by atoms with van der Waals surface area (Å²) in [6, 6.07) is 16.0. The first-order valence-electron chi connectivity index (χ1n) is 8.29. The Morgan fingerprint density at radius 3 is 2.42 bits per heavy atom. The lowest BCUT2D eigenvalue weighted by atomic mass is 9.88. The quantitative estimate of drug-likeness (QED) is 0.671. The molecular formula is C20H25ClN2O. The van der Waals surface area contributed by atoms with Crippen LogP contribution in [0.25, 0.3) is 0 Å². The summed E-state index contributed by atoms with van der Waals surface area (Å²) in [6.45, 7) is 4.90. The van der Waals surface area contributed by atoms with Crippen LogP contribution >= 0.6 is 12.4 Å². The maximum atomic E-state index is 12.6. The number of anilines is 1. The van der Waals surface area contributed by atoms with E-state index in [4.69, 9.17) is 5.73 Å². The van der Waals surface area contributed by atoms with Gasteiger partial charge in [-0.05, 0) is 50.6 Å². The van der Waals surface area contributed by atoms with Gasteiger partial charge in [0.05, 0.1) is 0 Å². The van der Waals surface area contributed by atoms with Crippen LogP contribution in [0.2, 0.25) is 0 Å². The number of nitrogens with two attached hydrogens (primary N) is 1. The maximum Gasteiger partial charge on any atom is 0.166 e. The predicted octanol–water partition coefficient (Wildman–Crippen LogP) is 4.09. The number of nitrogen functional groups attached to an aromatic ring is 1. The molecule has 1 fully saturated rings.